The Bertz CT molecular complexity index is 1080. The van der Waals surface area contributed by atoms with E-state index in [0.717, 1.165) is 0 Å². The number of amides is 1. The molecular weight excluding hydrogens is 478 g/mol. The number of carbonyl (C=O) groups excluding carboxylic acids is 5. The van der Waals surface area contributed by atoms with Gasteiger partial charge in [0.05, 0.1) is 18.6 Å². The fourth-order valence-corrected chi connectivity index (χ4v) is 3.20. The molecule has 37 heavy (non-hydrogen) atoms. The zero-order chi connectivity index (χ0) is 27.2. The van der Waals surface area contributed by atoms with Crippen LogP contribution in [0.25, 0.3) is 0 Å². The summed E-state index contributed by atoms with van der Waals surface area (Å²) in [6, 6.07) is 11.5. The number of Topliss-reactive ketones (excluding diaryl/α,β-unsaturated/α-hetero) is 1. The molecule has 2 rings (SSSR count). The minimum Gasteiger partial charge on any atom is -0.462 e. The van der Waals surface area contributed by atoms with Gasteiger partial charge in [-0.1, -0.05) is 26.0 Å². The van der Waals surface area contributed by atoms with Gasteiger partial charge in [-0.3, -0.25) is 9.59 Å². The zero-order valence-electron chi connectivity index (χ0n) is 21.4. The molecule has 1 N–H and O–H groups in total. The van der Waals surface area contributed by atoms with Crippen molar-refractivity contribution in [2.24, 2.45) is 0 Å². The molecule has 0 saturated heterocycles. The van der Waals surface area contributed by atoms with Crippen LogP contribution in [0.15, 0.2) is 48.5 Å². The summed E-state index contributed by atoms with van der Waals surface area (Å²) >= 11 is 0. The van der Waals surface area contributed by atoms with E-state index in [-0.39, 0.29) is 43.1 Å². The minimum absolute atomic E-state index is 0.00460. The van der Waals surface area contributed by atoms with Gasteiger partial charge in [0.1, 0.15) is 23.3 Å². The van der Waals surface area contributed by atoms with Crippen LogP contribution >= 0.6 is 0 Å². The second-order valence-electron chi connectivity index (χ2n) is 8.48. The molecule has 1 unspecified atom stereocenters. The van der Waals surface area contributed by atoms with E-state index in [1.54, 1.807) is 24.3 Å². The number of ketones is 1. The number of benzene rings is 2. The maximum atomic E-state index is 12.9. The van der Waals surface area contributed by atoms with Crippen molar-refractivity contribution in [3.63, 3.8) is 0 Å². The highest BCUT2D eigenvalue weighted by Gasteiger charge is 2.23. The highest BCUT2D eigenvalue weighted by atomic mass is 16.5. The van der Waals surface area contributed by atoms with Crippen molar-refractivity contribution in [3.05, 3.63) is 59.7 Å². The van der Waals surface area contributed by atoms with E-state index in [4.69, 9.17) is 14.2 Å². The second kappa shape index (κ2) is 15.2. The van der Waals surface area contributed by atoms with E-state index in [0.29, 0.717) is 36.3 Å². The maximum Gasteiger partial charge on any atom is 0.338 e. The highest BCUT2D eigenvalue weighted by Crippen LogP contribution is 2.17. The monoisotopic (exact) mass is 511 g/mol. The number of nitrogens with one attached hydrogen (secondary N) is 1. The van der Waals surface area contributed by atoms with Crippen molar-refractivity contribution >= 4 is 29.6 Å². The Labute approximate surface area is 216 Å². The van der Waals surface area contributed by atoms with Gasteiger partial charge >= 0.3 is 17.9 Å². The number of esters is 3. The van der Waals surface area contributed by atoms with Crippen LogP contribution in [0.4, 0.5) is 0 Å². The first-order chi connectivity index (χ1) is 17.7. The van der Waals surface area contributed by atoms with Crippen LogP contribution in [0.1, 0.15) is 68.8 Å². The van der Waals surface area contributed by atoms with Crippen molar-refractivity contribution in [2.45, 2.75) is 65.3 Å². The average Bonchev–Trinajstić information content (AvgIpc) is 2.87. The van der Waals surface area contributed by atoms with Crippen molar-refractivity contribution < 1.29 is 38.2 Å². The normalized spacial score (nSPS) is 11.2. The summed E-state index contributed by atoms with van der Waals surface area (Å²) in [6.07, 6.45) is 1.84. The number of hydrogen-bond acceptors (Lipinski definition) is 8. The first-order valence-electron chi connectivity index (χ1n) is 12.3. The molecule has 2 aromatic rings. The van der Waals surface area contributed by atoms with E-state index in [1.165, 1.54) is 31.2 Å². The summed E-state index contributed by atoms with van der Waals surface area (Å²) < 4.78 is 15.8. The van der Waals surface area contributed by atoms with Crippen LogP contribution in [-0.4, -0.2) is 42.2 Å². The third-order valence-corrected chi connectivity index (χ3v) is 5.12. The van der Waals surface area contributed by atoms with Crippen molar-refractivity contribution in [2.75, 3.05) is 6.61 Å². The van der Waals surface area contributed by atoms with Gasteiger partial charge in [-0.15, -0.1) is 0 Å². The molecule has 0 radical (unpaired) electrons. The van der Waals surface area contributed by atoms with E-state index >= 15 is 0 Å². The zero-order valence-corrected chi connectivity index (χ0v) is 21.4. The Hall–Kier alpha value is -4.01. The van der Waals surface area contributed by atoms with Gasteiger partial charge in [0.2, 0.25) is 5.91 Å². The Morgan fingerprint density at radius 3 is 2.00 bits per heavy atom. The molecule has 0 fully saturated rings. The van der Waals surface area contributed by atoms with E-state index in [1.807, 2.05) is 13.8 Å². The molecular formula is C28H33NO8. The summed E-state index contributed by atoms with van der Waals surface area (Å²) in [5.41, 5.74) is 1.04. The Morgan fingerprint density at radius 2 is 1.41 bits per heavy atom. The van der Waals surface area contributed by atoms with Gasteiger partial charge in [0, 0.05) is 19.3 Å². The van der Waals surface area contributed by atoms with Crippen LogP contribution in [0.5, 0.6) is 11.5 Å². The first kappa shape index (κ1) is 29.2. The topological polar surface area (TPSA) is 125 Å². The van der Waals surface area contributed by atoms with Crippen LogP contribution in [0, 0.1) is 0 Å². The molecule has 0 aliphatic carbocycles. The largest absolute Gasteiger partial charge is 0.462 e. The van der Waals surface area contributed by atoms with Crippen LogP contribution < -0.4 is 14.8 Å². The van der Waals surface area contributed by atoms with Crippen molar-refractivity contribution in [3.8, 4) is 11.5 Å². The number of ether oxygens (including phenoxy) is 3. The lowest BCUT2D eigenvalue weighted by Crippen LogP contribution is -2.44. The van der Waals surface area contributed by atoms with E-state index in [2.05, 4.69) is 5.32 Å². The summed E-state index contributed by atoms with van der Waals surface area (Å²) in [7, 11) is 0. The molecule has 0 aromatic heterocycles. The lowest BCUT2D eigenvalue weighted by Gasteiger charge is -2.18. The van der Waals surface area contributed by atoms with Crippen LogP contribution in [0.2, 0.25) is 0 Å². The van der Waals surface area contributed by atoms with Gasteiger partial charge in [-0.25, -0.2) is 9.59 Å². The molecule has 0 bridgehead atoms. The lowest BCUT2D eigenvalue weighted by molar-refractivity contribution is -0.139. The molecule has 198 valence electrons. The van der Waals surface area contributed by atoms with E-state index in [9.17, 15) is 24.0 Å². The predicted molar refractivity (Wildman–Crippen MR) is 135 cm³/mol. The quantitative estimate of drug-likeness (QED) is 0.298. The molecule has 1 atom stereocenters. The summed E-state index contributed by atoms with van der Waals surface area (Å²) in [4.78, 5) is 60.0. The van der Waals surface area contributed by atoms with Crippen LogP contribution in [-0.2, 0) is 30.3 Å². The Balaban J connectivity index is 2.05. The van der Waals surface area contributed by atoms with Gasteiger partial charge < -0.3 is 24.3 Å². The number of carbonyl (C=O) groups is 5. The number of hydrogen-bond donors (Lipinski definition) is 1. The van der Waals surface area contributed by atoms with Crippen LogP contribution in [0.3, 0.4) is 0 Å². The minimum atomic E-state index is -0.961. The molecule has 9 nitrogen and oxygen atoms in total. The fraction of sp³-hybridized carbons (Fsp3) is 0.393. The molecule has 0 aliphatic rings. The third-order valence-electron chi connectivity index (χ3n) is 5.12. The molecule has 0 spiro atoms. The average molecular weight is 512 g/mol. The van der Waals surface area contributed by atoms with E-state index < -0.39 is 23.9 Å². The van der Waals surface area contributed by atoms with Gasteiger partial charge in [-0.05, 0) is 61.7 Å². The third kappa shape index (κ3) is 10.6. The lowest BCUT2D eigenvalue weighted by atomic mass is 10.1. The van der Waals surface area contributed by atoms with Crippen molar-refractivity contribution in [1.82, 2.24) is 5.32 Å². The SMILES string of the molecule is CCCOC(=O)c1ccc(OC(=O)C(Cc2ccc(OC(=O)CCC(C)=O)cc2)NC(=O)CCC)cc1. The molecule has 9 heteroatoms. The van der Waals surface area contributed by atoms with Crippen molar-refractivity contribution in [1.29, 1.82) is 0 Å². The highest BCUT2D eigenvalue weighted by molar-refractivity contribution is 5.90. The summed E-state index contributed by atoms with van der Waals surface area (Å²) in [6.45, 7) is 5.48. The fourth-order valence-electron chi connectivity index (χ4n) is 3.20. The molecule has 2 aromatic carbocycles. The van der Waals surface area contributed by atoms with Gasteiger partial charge in [0.25, 0.3) is 0 Å². The molecule has 1 amide bonds. The van der Waals surface area contributed by atoms with Gasteiger partial charge in [-0.2, -0.15) is 0 Å². The second-order valence-corrected chi connectivity index (χ2v) is 8.48. The van der Waals surface area contributed by atoms with Gasteiger partial charge in [0.15, 0.2) is 0 Å². The molecule has 0 aliphatic heterocycles. The molecule has 0 heterocycles. The summed E-state index contributed by atoms with van der Waals surface area (Å²) in [5.74, 6) is -1.48. The number of rotatable bonds is 14. The predicted octanol–water partition coefficient (Wildman–Crippen LogP) is 3.96. The summed E-state index contributed by atoms with van der Waals surface area (Å²) in [5, 5.41) is 2.71. The smallest absolute Gasteiger partial charge is 0.338 e. The maximum absolute atomic E-state index is 12.9. The Kier molecular flexibility index (Phi) is 12.0. The molecule has 0 saturated carbocycles. The Morgan fingerprint density at radius 1 is 0.784 bits per heavy atom. The standard InChI is InChI=1S/C28H33NO8/c1-4-6-25(31)29-24(18-20-8-12-22(13-9-20)36-26(32)16-7-19(3)30)28(34)37-23-14-10-21(11-15-23)27(33)35-17-5-2/h8-15,24H,4-7,16-18H2,1-3H3,(H,29,31). The first-order valence-corrected chi connectivity index (χ1v) is 12.3.